The van der Waals surface area contributed by atoms with Crippen LogP contribution < -0.4 is 0 Å². The molecule has 0 saturated carbocycles. The summed E-state index contributed by atoms with van der Waals surface area (Å²) in [7, 11) is 0. The number of nitriles is 1. The predicted molar refractivity (Wildman–Crippen MR) is 157 cm³/mol. The van der Waals surface area contributed by atoms with Crippen LogP contribution in [0.25, 0.3) is 43.8 Å². The Morgan fingerprint density at radius 3 is 2.00 bits per heavy atom. The van der Waals surface area contributed by atoms with Gasteiger partial charge in [0.15, 0.2) is 0 Å². The van der Waals surface area contributed by atoms with Crippen LogP contribution in [0.2, 0.25) is 0 Å². The fourth-order valence-electron chi connectivity index (χ4n) is 5.74. The molecule has 1 nitrogen and oxygen atoms in total. The van der Waals surface area contributed by atoms with E-state index in [0.717, 1.165) is 5.57 Å². The van der Waals surface area contributed by atoms with E-state index in [2.05, 4.69) is 130 Å². The minimum absolute atomic E-state index is 0.125. The van der Waals surface area contributed by atoms with Gasteiger partial charge >= 0.3 is 0 Å². The summed E-state index contributed by atoms with van der Waals surface area (Å²) in [6, 6.07) is 36.2. The number of benzene rings is 5. The zero-order valence-corrected chi connectivity index (χ0v) is 21.1. The summed E-state index contributed by atoms with van der Waals surface area (Å²) < 4.78 is 0. The summed E-state index contributed by atoms with van der Waals surface area (Å²) in [5, 5.41) is 14.2. The number of hydrogen-bond donors (Lipinski definition) is 0. The molecule has 0 bridgehead atoms. The summed E-state index contributed by atoms with van der Waals surface area (Å²) in [5.41, 5.74) is 8.74. The van der Waals surface area contributed by atoms with E-state index in [4.69, 9.17) is 0 Å². The van der Waals surface area contributed by atoms with Gasteiger partial charge in [0.1, 0.15) is 0 Å². The van der Waals surface area contributed by atoms with Crippen LogP contribution in [0.1, 0.15) is 36.1 Å². The van der Waals surface area contributed by atoms with Gasteiger partial charge in [-0.15, -0.1) is 0 Å². The van der Waals surface area contributed by atoms with Gasteiger partial charge < -0.3 is 0 Å². The molecule has 0 heterocycles. The molecule has 5 aromatic carbocycles. The molecule has 0 atom stereocenters. The van der Waals surface area contributed by atoms with E-state index in [9.17, 15) is 5.26 Å². The van der Waals surface area contributed by atoms with Gasteiger partial charge in [-0.2, -0.15) is 5.26 Å². The van der Waals surface area contributed by atoms with E-state index in [0.29, 0.717) is 5.56 Å². The van der Waals surface area contributed by atoms with Crippen LogP contribution in [-0.4, -0.2) is 0 Å². The van der Waals surface area contributed by atoms with Crippen molar-refractivity contribution in [1.82, 2.24) is 0 Å². The molecule has 1 aliphatic rings. The predicted octanol–water partition coefficient (Wildman–Crippen LogP) is 9.48. The van der Waals surface area contributed by atoms with Crippen molar-refractivity contribution in [1.29, 1.82) is 5.26 Å². The molecule has 1 heteroatoms. The lowest BCUT2D eigenvalue weighted by Gasteiger charge is -2.17. The Morgan fingerprint density at radius 1 is 0.784 bits per heavy atom. The van der Waals surface area contributed by atoms with Crippen molar-refractivity contribution in [2.45, 2.75) is 19.3 Å². The highest BCUT2D eigenvalue weighted by molar-refractivity contribution is 6.19. The Bertz CT molecular complexity index is 1750. The molecular formula is C36H27N. The maximum Gasteiger partial charge on any atom is 0.0991 e. The summed E-state index contributed by atoms with van der Waals surface area (Å²) in [6.45, 7) is 8.95. The molecule has 0 aromatic heterocycles. The van der Waals surface area contributed by atoms with E-state index in [1.54, 1.807) is 0 Å². The lowest BCUT2D eigenvalue weighted by Crippen LogP contribution is -2.10. The summed E-state index contributed by atoms with van der Waals surface area (Å²) in [5.74, 6) is 0. The van der Waals surface area contributed by atoms with Crippen LogP contribution >= 0.6 is 0 Å². The molecule has 0 spiro atoms. The van der Waals surface area contributed by atoms with E-state index < -0.39 is 0 Å². The van der Waals surface area contributed by atoms with Crippen molar-refractivity contribution in [3.63, 3.8) is 0 Å². The van der Waals surface area contributed by atoms with Gasteiger partial charge in [-0.3, -0.25) is 0 Å². The highest BCUT2D eigenvalue weighted by atomic mass is 14.3. The lowest BCUT2D eigenvalue weighted by atomic mass is 9.86. The molecule has 1 aliphatic carbocycles. The largest absolute Gasteiger partial charge is 0.192 e. The first-order chi connectivity index (χ1) is 18.0. The van der Waals surface area contributed by atoms with E-state index >= 15 is 0 Å². The minimum atomic E-state index is -0.125. The molecule has 0 saturated heterocycles. The maximum atomic E-state index is 9.38. The Kier molecular flexibility index (Phi) is 5.40. The van der Waals surface area contributed by atoms with Gasteiger partial charge in [-0.25, -0.2) is 0 Å². The summed E-state index contributed by atoms with van der Waals surface area (Å²) in [4.78, 5) is 0. The SMILES string of the molecule is C=C(/C=C\C1=CC(C)(C)c2cc(C#N)ccc21)c1c2ccccc2c(-c2ccccc2)c2ccccc12. The Hall–Kier alpha value is -4.67. The molecule has 0 fully saturated rings. The molecule has 0 amide bonds. The number of nitrogens with zero attached hydrogens (tertiary/aromatic N) is 1. The number of hydrogen-bond acceptors (Lipinski definition) is 1. The van der Waals surface area contributed by atoms with Crippen molar-refractivity contribution >= 4 is 32.7 Å². The molecule has 5 aromatic rings. The second kappa shape index (κ2) is 8.77. The molecule has 0 aliphatic heterocycles. The van der Waals surface area contributed by atoms with Crippen LogP contribution in [0.4, 0.5) is 0 Å². The van der Waals surface area contributed by atoms with E-state index in [-0.39, 0.29) is 5.41 Å². The van der Waals surface area contributed by atoms with Crippen LogP contribution in [0, 0.1) is 11.3 Å². The Labute approximate surface area is 218 Å². The van der Waals surface area contributed by atoms with Gasteiger partial charge in [0.25, 0.3) is 0 Å². The fourth-order valence-corrected chi connectivity index (χ4v) is 5.74. The number of fused-ring (bicyclic) bond motifs is 3. The monoisotopic (exact) mass is 473 g/mol. The van der Waals surface area contributed by atoms with Crippen LogP contribution in [0.3, 0.4) is 0 Å². The van der Waals surface area contributed by atoms with E-state index in [1.807, 2.05) is 12.1 Å². The minimum Gasteiger partial charge on any atom is -0.192 e. The van der Waals surface area contributed by atoms with Gasteiger partial charge in [-0.1, -0.05) is 124 Å². The molecule has 0 unspecified atom stereocenters. The number of rotatable bonds is 4. The van der Waals surface area contributed by atoms with Gasteiger partial charge in [-0.05, 0) is 72.6 Å². The van der Waals surface area contributed by atoms with Crippen LogP contribution in [0.15, 0.2) is 122 Å². The van der Waals surface area contributed by atoms with Crippen LogP contribution in [0.5, 0.6) is 0 Å². The van der Waals surface area contributed by atoms with Crippen molar-refractivity contribution in [3.05, 3.63) is 144 Å². The summed E-state index contributed by atoms with van der Waals surface area (Å²) in [6.07, 6.45) is 6.61. The van der Waals surface area contributed by atoms with Gasteiger partial charge in [0, 0.05) is 5.41 Å². The lowest BCUT2D eigenvalue weighted by molar-refractivity contribution is 0.683. The van der Waals surface area contributed by atoms with Crippen LogP contribution in [-0.2, 0) is 5.41 Å². The van der Waals surface area contributed by atoms with Crippen molar-refractivity contribution < 1.29 is 0 Å². The maximum absolute atomic E-state index is 9.38. The molecule has 6 rings (SSSR count). The number of allylic oxidation sites excluding steroid dienone is 5. The van der Waals surface area contributed by atoms with E-state index in [1.165, 1.54) is 54.9 Å². The molecule has 0 radical (unpaired) electrons. The highest BCUT2D eigenvalue weighted by Crippen LogP contribution is 2.43. The third kappa shape index (κ3) is 3.79. The standard InChI is InChI=1S/C36H27N/c1-24(17-19-27-22-36(2,3)33-21-25(23-37)18-20-28(27)33)34-29-13-7-9-15-31(29)35(26-11-5-4-6-12-26)32-16-10-8-14-30(32)34/h4-22H,1H2,2-3H3/b19-17-. The van der Waals surface area contributed by atoms with Gasteiger partial charge in [0.2, 0.25) is 0 Å². The average molecular weight is 474 g/mol. The second-order valence-corrected chi connectivity index (χ2v) is 10.3. The molecular weight excluding hydrogens is 446 g/mol. The fraction of sp³-hybridized carbons (Fsp3) is 0.0833. The average Bonchev–Trinajstić information content (AvgIpc) is 3.19. The smallest absolute Gasteiger partial charge is 0.0991 e. The second-order valence-electron chi connectivity index (χ2n) is 10.3. The third-order valence-electron chi connectivity index (χ3n) is 7.45. The zero-order valence-electron chi connectivity index (χ0n) is 21.1. The first-order valence-corrected chi connectivity index (χ1v) is 12.6. The Morgan fingerprint density at radius 2 is 1.38 bits per heavy atom. The molecule has 176 valence electrons. The zero-order chi connectivity index (χ0) is 25.6. The molecule has 37 heavy (non-hydrogen) atoms. The Balaban J connectivity index is 1.51. The normalized spacial score (nSPS) is 14.0. The van der Waals surface area contributed by atoms with Gasteiger partial charge in [0.05, 0.1) is 11.6 Å². The third-order valence-corrected chi connectivity index (χ3v) is 7.45. The van der Waals surface area contributed by atoms with Crippen molar-refractivity contribution in [3.8, 4) is 17.2 Å². The quantitative estimate of drug-likeness (QED) is 0.188. The highest BCUT2D eigenvalue weighted by Gasteiger charge is 2.29. The molecule has 0 N–H and O–H groups in total. The first kappa shape index (κ1) is 22.8. The summed E-state index contributed by atoms with van der Waals surface area (Å²) >= 11 is 0. The van der Waals surface area contributed by atoms with Crippen molar-refractivity contribution in [2.75, 3.05) is 0 Å². The first-order valence-electron chi connectivity index (χ1n) is 12.6. The van der Waals surface area contributed by atoms with Crippen molar-refractivity contribution in [2.24, 2.45) is 0 Å². The topological polar surface area (TPSA) is 23.8 Å².